The number of nitrogens with zero attached hydrogens (tertiary/aromatic N) is 2. The minimum absolute atomic E-state index is 0.338. The highest BCUT2D eigenvalue weighted by Crippen LogP contribution is 2.39. The van der Waals surface area contributed by atoms with Gasteiger partial charge in [-0.25, -0.2) is 4.39 Å². The number of aldehydes is 1. The Labute approximate surface area is 235 Å². The molecule has 0 fully saturated rings. The lowest BCUT2D eigenvalue weighted by atomic mass is 9.98. The van der Waals surface area contributed by atoms with Crippen LogP contribution >= 0.6 is 15.9 Å². The fourth-order valence-corrected chi connectivity index (χ4v) is 5.86. The molecule has 0 aliphatic carbocycles. The topological polar surface area (TPSA) is 85.9 Å². The molecule has 0 bridgehead atoms. The average molecular weight is 592 g/mol. The fraction of sp³-hybridized carbons (Fsp3) is 0.290. The number of hydrogen-bond acceptors (Lipinski definition) is 4. The molecule has 202 valence electrons. The molecule has 3 aromatic carbocycles. The Morgan fingerprint density at radius 3 is 2.67 bits per heavy atom. The van der Waals surface area contributed by atoms with Crippen LogP contribution in [0.1, 0.15) is 46.7 Å². The van der Waals surface area contributed by atoms with Crippen LogP contribution in [0.2, 0.25) is 0 Å². The van der Waals surface area contributed by atoms with Gasteiger partial charge in [-0.05, 0) is 68.3 Å². The van der Waals surface area contributed by atoms with Crippen molar-refractivity contribution in [2.45, 2.75) is 44.5 Å². The molecule has 8 heteroatoms. The van der Waals surface area contributed by atoms with Gasteiger partial charge in [-0.3, -0.25) is 9.89 Å². The number of benzene rings is 3. The van der Waals surface area contributed by atoms with E-state index in [1.54, 1.807) is 6.07 Å². The lowest BCUT2D eigenvalue weighted by Crippen LogP contribution is -2.08. The summed E-state index contributed by atoms with van der Waals surface area (Å²) >= 11 is 3.49. The third-order valence-corrected chi connectivity index (χ3v) is 7.78. The number of nitrogens with two attached hydrogens (primary N) is 1. The van der Waals surface area contributed by atoms with E-state index in [4.69, 9.17) is 10.5 Å². The van der Waals surface area contributed by atoms with E-state index in [2.05, 4.69) is 44.3 Å². The first-order valence-electron chi connectivity index (χ1n) is 13.3. The molecular formula is C31H32BrFN4O2. The van der Waals surface area contributed by atoms with Crippen molar-refractivity contribution in [2.24, 2.45) is 5.73 Å². The van der Waals surface area contributed by atoms with E-state index in [-0.39, 0.29) is 5.82 Å². The van der Waals surface area contributed by atoms with Crippen molar-refractivity contribution in [1.82, 2.24) is 14.8 Å². The van der Waals surface area contributed by atoms with Gasteiger partial charge in [0.15, 0.2) is 6.29 Å². The Balaban J connectivity index is 1.53. The van der Waals surface area contributed by atoms with Crippen LogP contribution in [-0.2, 0) is 18.3 Å². The number of nitrogens with one attached hydrogen (secondary N) is 1. The molecule has 2 heterocycles. The summed E-state index contributed by atoms with van der Waals surface area (Å²) < 4.78 is 23.8. The second-order valence-corrected chi connectivity index (χ2v) is 10.2. The number of aromatic nitrogens is 3. The highest BCUT2D eigenvalue weighted by molar-refractivity contribution is 9.08. The first-order chi connectivity index (χ1) is 19.1. The van der Waals surface area contributed by atoms with Crippen molar-refractivity contribution < 1.29 is 13.9 Å². The number of unbranched alkanes of at least 4 members (excludes halogenated alkanes) is 1. The third kappa shape index (κ3) is 5.23. The van der Waals surface area contributed by atoms with Crippen molar-refractivity contribution >= 4 is 43.9 Å². The molecule has 0 aliphatic rings. The van der Waals surface area contributed by atoms with Gasteiger partial charge in [-0.2, -0.15) is 5.10 Å². The summed E-state index contributed by atoms with van der Waals surface area (Å²) in [6.45, 7) is 3.52. The van der Waals surface area contributed by atoms with Crippen LogP contribution in [0.15, 0.2) is 54.6 Å². The van der Waals surface area contributed by atoms with E-state index in [0.29, 0.717) is 49.1 Å². The Kier molecular flexibility index (Phi) is 8.43. The van der Waals surface area contributed by atoms with Crippen molar-refractivity contribution in [3.8, 4) is 16.9 Å². The molecule has 2 aromatic heterocycles. The smallest absolute Gasteiger partial charge is 0.166 e. The maximum absolute atomic E-state index is 15.6. The second-order valence-electron chi connectivity index (χ2n) is 9.68. The summed E-state index contributed by atoms with van der Waals surface area (Å²) in [5.41, 5.74) is 10.7. The van der Waals surface area contributed by atoms with Crippen LogP contribution in [0.25, 0.3) is 32.8 Å². The number of ether oxygens (including phenoxy) is 1. The van der Waals surface area contributed by atoms with E-state index >= 15 is 4.39 Å². The quantitative estimate of drug-likeness (QED) is 0.0922. The lowest BCUT2D eigenvalue weighted by molar-refractivity contribution is 0.111. The number of rotatable bonds is 12. The second kappa shape index (κ2) is 12.1. The monoisotopic (exact) mass is 590 g/mol. The molecule has 0 atom stereocenters. The number of aromatic amines is 1. The van der Waals surface area contributed by atoms with E-state index in [1.165, 1.54) is 6.07 Å². The predicted octanol–water partition coefficient (Wildman–Crippen LogP) is 7.09. The molecule has 0 aliphatic heterocycles. The number of fused-ring (bicyclic) bond motifs is 2. The van der Waals surface area contributed by atoms with Gasteiger partial charge in [0.05, 0.1) is 23.5 Å². The highest BCUT2D eigenvalue weighted by atomic mass is 79.9. The molecule has 6 nitrogen and oxygen atoms in total. The molecule has 3 N–H and O–H groups in total. The Hall–Kier alpha value is -3.49. The molecule has 0 radical (unpaired) electrons. The summed E-state index contributed by atoms with van der Waals surface area (Å²) in [6.07, 6.45) is 3.83. The first-order valence-corrected chi connectivity index (χ1v) is 14.4. The molecule has 5 rings (SSSR count). The number of aryl methyl sites for hydroxylation is 3. The standard InChI is InChI=1S/C31H32BrFN4O2/c1-20-29(26(18-32)36-35-20)30-25(33)14-13-24-23(27(19-38)37(31(24)30)16-5-4-15-34)11-7-17-39-28-12-6-9-21-8-2-3-10-22(21)28/h2-3,6,8-10,12-14,19H,4-5,7,11,15-18,34H2,1H3,(H,35,36). The maximum Gasteiger partial charge on any atom is 0.166 e. The van der Waals surface area contributed by atoms with Gasteiger partial charge in [-0.1, -0.05) is 52.3 Å². The average Bonchev–Trinajstić information content (AvgIpc) is 3.47. The largest absolute Gasteiger partial charge is 0.493 e. The highest BCUT2D eigenvalue weighted by Gasteiger charge is 2.25. The van der Waals surface area contributed by atoms with Crippen LogP contribution in [0, 0.1) is 12.7 Å². The lowest BCUT2D eigenvalue weighted by Gasteiger charge is -2.13. The van der Waals surface area contributed by atoms with Crippen molar-refractivity contribution in [3.63, 3.8) is 0 Å². The number of H-pyrrole nitrogens is 1. The summed E-state index contributed by atoms with van der Waals surface area (Å²) in [5.74, 6) is 0.505. The number of hydrogen-bond donors (Lipinski definition) is 2. The predicted molar refractivity (Wildman–Crippen MR) is 158 cm³/mol. The van der Waals surface area contributed by atoms with Crippen LogP contribution in [-0.4, -0.2) is 34.2 Å². The van der Waals surface area contributed by atoms with Gasteiger partial charge in [0.2, 0.25) is 0 Å². The van der Waals surface area contributed by atoms with Gasteiger partial charge in [0, 0.05) is 39.5 Å². The van der Waals surface area contributed by atoms with E-state index in [9.17, 15) is 4.79 Å². The van der Waals surface area contributed by atoms with Crippen molar-refractivity contribution in [2.75, 3.05) is 13.2 Å². The third-order valence-electron chi connectivity index (χ3n) is 7.25. The van der Waals surface area contributed by atoms with E-state index in [1.807, 2.05) is 35.8 Å². The zero-order valence-corrected chi connectivity index (χ0v) is 23.6. The van der Waals surface area contributed by atoms with Crippen LogP contribution in [0.3, 0.4) is 0 Å². The molecule has 5 aromatic rings. The van der Waals surface area contributed by atoms with Gasteiger partial charge in [0.1, 0.15) is 11.6 Å². The van der Waals surface area contributed by atoms with Gasteiger partial charge < -0.3 is 15.0 Å². The molecule has 0 amide bonds. The SMILES string of the molecule is Cc1[nH]nc(CBr)c1-c1c(F)ccc2c(CCCOc3cccc4ccccc34)c(C=O)n(CCCCN)c12. The molecule has 39 heavy (non-hydrogen) atoms. The first kappa shape index (κ1) is 27.1. The minimum atomic E-state index is -0.338. The minimum Gasteiger partial charge on any atom is -0.493 e. The fourth-order valence-electron chi connectivity index (χ4n) is 5.45. The van der Waals surface area contributed by atoms with Crippen molar-refractivity contribution in [1.29, 1.82) is 0 Å². The molecular weight excluding hydrogens is 559 g/mol. The summed E-state index contributed by atoms with van der Waals surface area (Å²) in [4.78, 5) is 12.5. The van der Waals surface area contributed by atoms with Crippen LogP contribution in [0.5, 0.6) is 5.75 Å². The summed E-state index contributed by atoms with van der Waals surface area (Å²) in [7, 11) is 0. The number of carbonyl (C=O) groups excluding carboxylic acids is 1. The normalized spacial score (nSPS) is 11.5. The zero-order valence-electron chi connectivity index (χ0n) is 22.0. The summed E-state index contributed by atoms with van der Waals surface area (Å²) in [6, 6.07) is 17.5. The van der Waals surface area contributed by atoms with Gasteiger partial charge >= 0.3 is 0 Å². The number of carbonyl (C=O) groups is 1. The number of halogens is 2. The number of alkyl halides is 1. The van der Waals surface area contributed by atoms with Gasteiger partial charge in [-0.15, -0.1) is 0 Å². The maximum atomic E-state index is 15.6. The van der Waals surface area contributed by atoms with Crippen LogP contribution < -0.4 is 10.5 Å². The molecule has 0 spiro atoms. The Morgan fingerprint density at radius 2 is 1.87 bits per heavy atom. The van der Waals surface area contributed by atoms with Crippen molar-refractivity contribution in [3.05, 3.63) is 83.1 Å². The van der Waals surface area contributed by atoms with E-state index in [0.717, 1.165) is 69.1 Å². The Morgan fingerprint density at radius 1 is 1.05 bits per heavy atom. The molecule has 0 saturated carbocycles. The van der Waals surface area contributed by atoms with Gasteiger partial charge in [0.25, 0.3) is 0 Å². The van der Waals surface area contributed by atoms with Crippen LogP contribution in [0.4, 0.5) is 4.39 Å². The summed E-state index contributed by atoms with van der Waals surface area (Å²) in [5, 5.41) is 10.9. The zero-order chi connectivity index (χ0) is 27.4. The van der Waals surface area contributed by atoms with E-state index < -0.39 is 0 Å². The Bertz CT molecular complexity index is 1620. The molecule has 0 saturated heterocycles. The molecule has 0 unspecified atom stereocenters.